The van der Waals surface area contributed by atoms with Crippen LogP contribution in [0.4, 0.5) is 0 Å². The molecule has 0 spiro atoms. The van der Waals surface area contributed by atoms with Crippen LogP contribution in [0.25, 0.3) is 11.1 Å². The average molecular weight is 356 g/mol. The number of carbonyl (C=O) groups excluding carboxylic acids is 1. The Morgan fingerprint density at radius 2 is 2.08 bits per heavy atom. The largest absolute Gasteiger partial charge is 0.493 e. The number of nitrogens with zero attached hydrogens (tertiary/aromatic N) is 1. The Morgan fingerprint density at radius 1 is 1.24 bits per heavy atom. The molecule has 0 saturated carbocycles. The van der Waals surface area contributed by atoms with Crippen molar-refractivity contribution in [3.8, 4) is 5.75 Å². The lowest BCUT2D eigenvalue weighted by atomic mass is 9.97. The molecule has 0 N–H and O–H groups in total. The summed E-state index contributed by atoms with van der Waals surface area (Å²) in [6, 6.07) is 9.37. The number of rotatable bonds is 7. The number of carbonyl (C=O) groups is 1. The van der Waals surface area contributed by atoms with E-state index in [0.29, 0.717) is 17.2 Å². The second-order valence-corrected chi connectivity index (χ2v) is 6.65. The van der Waals surface area contributed by atoms with E-state index in [4.69, 9.17) is 16.3 Å². The highest BCUT2D eigenvalue weighted by atomic mass is 35.5. The van der Waals surface area contributed by atoms with Gasteiger partial charge in [-0.1, -0.05) is 24.9 Å². The Balaban J connectivity index is 2.07. The fourth-order valence-corrected chi connectivity index (χ4v) is 3.43. The molecule has 0 saturated heterocycles. The molecule has 0 aliphatic heterocycles. The molecular weight excluding hydrogens is 334 g/mol. The van der Waals surface area contributed by atoms with Crippen LogP contribution < -0.4 is 4.74 Å². The summed E-state index contributed by atoms with van der Waals surface area (Å²) in [5.41, 5.74) is 4.76. The van der Waals surface area contributed by atoms with Crippen molar-refractivity contribution in [2.75, 3.05) is 6.61 Å². The van der Waals surface area contributed by atoms with E-state index in [1.165, 1.54) is 5.57 Å². The first-order valence-electron chi connectivity index (χ1n) is 8.80. The summed E-state index contributed by atoms with van der Waals surface area (Å²) < 4.78 is 6.00. The zero-order valence-corrected chi connectivity index (χ0v) is 15.2. The molecule has 1 heterocycles. The second-order valence-electron chi connectivity index (χ2n) is 6.21. The van der Waals surface area contributed by atoms with Crippen LogP contribution in [-0.4, -0.2) is 17.9 Å². The predicted octanol–water partition coefficient (Wildman–Crippen LogP) is 5.82. The summed E-state index contributed by atoms with van der Waals surface area (Å²) in [4.78, 5) is 15.9. The van der Waals surface area contributed by atoms with Gasteiger partial charge < -0.3 is 4.74 Å². The van der Waals surface area contributed by atoms with Crippen LogP contribution in [0.15, 0.2) is 36.5 Å². The number of hydrogen-bond acceptors (Lipinski definition) is 3. The molecule has 0 unspecified atom stereocenters. The molecule has 0 radical (unpaired) electrons. The molecule has 1 aliphatic carbocycles. The Kier molecular flexibility index (Phi) is 5.87. The molecule has 1 aromatic carbocycles. The monoisotopic (exact) mass is 355 g/mol. The van der Waals surface area contributed by atoms with Gasteiger partial charge in [-0.15, -0.1) is 0 Å². The average Bonchev–Trinajstić information content (AvgIpc) is 3.12. The molecule has 4 heteroatoms. The Bertz CT molecular complexity index is 798. The summed E-state index contributed by atoms with van der Waals surface area (Å²) in [6.07, 6.45) is 7.62. The van der Waals surface area contributed by atoms with Crippen LogP contribution in [-0.2, 0) is 0 Å². The SMILES string of the molecule is CCCCOc1ccc(Cl)cc1C1=C(c2ncccc2C=O)CCC1. The van der Waals surface area contributed by atoms with E-state index in [1.54, 1.807) is 12.3 Å². The van der Waals surface area contributed by atoms with Gasteiger partial charge >= 0.3 is 0 Å². The van der Waals surface area contributed by atoms with Crippen LogP contribution in [0.3, 0.4) is 0 Å². The van der Waals surface area contributed by atoms with Gasteiger partial charge in [-0.05, 0) is 67.2 Å². The van der Waals surface area contributed by atoms with Crippen LogP contribution in [0.5, 0.6) is 5.75 Å². The Hall–Kier alpha value is -2.13. The van der Waals surface area contributed by atoms with Crippen molar-refractivity contribution in [2.45, 2.75) is 39.0 Å². The normalized spacial score (nSPS) is 14.0. The summed E-state index contributed by atoms with van der Waals surface area (Å²) in [5.74, 6) is 0.857. The summed E-state index contributed by atoms with van der Waals surface area (Å²) >= 11 is 6.26. The number of aldehydes is 1. The van der Waals surface area contributed by atoms with E-state index >= 15 is 0 Å². The topological polar surface area (TPSA) is 39.2 Å². The minimum absolute atomic E-state index is 0.632. The molecule has 0 amide bonds. The third-order valence-electron chi connectivity index (χ3n) is 4.49. The number of unbranched alkanes of at least 4 members (excludes halogenated alkanes) is 1. The van der Waals surface area contributed by atoms with Crippen LogP contribution in [0, 0.1) is 0 Å². The van der Waals surface area contributed by atoms with Crippen molar-refractivity contribution >= 4 is 29.0 Å². The highest BCUT2D eigenvalue weighted by Crippen LogP contribution is 2.43. The molecular formula is C21H22ClNO2. The Morgan fingerprint density at radius 3 is 2.88 bits per heavy atom. The van der Waals surface area contributed by atoms with Crippen LogP contribution in [0.2, 0.25) is 5.02 Å². The number of aromatic nitrogens is 1. The van der Waals surface area contributed by atoms with Gasteiger partial charge in [0, 0.05) is 22.3 Å². The van der Waals surface area contributed by atoms with Gasteiger partial charge in [0.25, 0.3) is 0 Å². The van der Waals surface area contributed by atoms with Crippen molar-refractivity contribution in [1.29, 1.82) is 0 Å². The van der Waals surface area contributed by atoms with E-state index in [9.17, 15) is 4.79 Å². The number of halogens is 1. The standard InChI is InChI=1S/C21H22ClNO2/c1-2-3-12-25-20-10-9-16(22)13-19(20)17-7-4-8-18(17)21-15(14-24)6-5-11-23-21/h5-6,9-11,13-14H,2-4,7-8,12H2,1H3. The summed E-state index contributed by atoms with van der Waals surface area (Å²) in [7, 11) is 0. The van der Waals surface area contributed by atoms with Gasteiger partial charge in [-0.2, -0.15) is 0 Å². The zero-order valence-electron chi connectivity index (χ0n) is 14.4. The first kappa shape index (κ1) is 17.7. The summed E-state index contributed by atoms with van der Waals surface area (Å²) in [5, 5.41) is 0.688. The Labute approximate surface area is 153 Å². The van der Waals surface area contributed by atoms with E-state index < -0.39 is 0 Å². The minimum atomic E-state index is 0.632. The van der Waals surface area contributed by atoms with Gasteiger partial charge in [0.1, 0.15) is 5.75 Å². The maximum absolute atomic E-state index is 11.4. The highest BCUT2D eigenvalue weighted by molar-refractivity contribution is 6.30. The van der Waals surface area contributed by atoms with Crippen molar-refractivity contribution < 1.29 is 9.53 Å². The van der Waals surface area contributed by atoms with Gasteiger partial charge in [-0.3, -0.25) is 9.78 Å². The van der Waals surface area contributed by atoms with Gasteiger partial charge in [0.2, 0.25) is 0 Å². The number of hydrogen-bond donors (Lipinski definition) is 0. The van der Waals surface area contributed by atoms with E-state index in [1.807, 2.05) is 24.3 Å². The minimum Gasteiger partial charge on any atom is -0.493 e. The lowest BCUT2D eigenvalue weighted by Gasteiger charge is -2.15. The van der Waals surface area contributed by atoms with Crippen molar-refractivity contribution in [2.24, 2.45) is 0 Å². The number of allylic oxidation sites excluding steroid dienone is 2. The fraction of sp³-hybridized carbons (Fsp3) is 0.333. The predicted molar refractivity (Wildman–Crippen MR) is 102 cm³/mol. The molecule has 1 aromatic heterocycles. The zero-order chi connectivity index (χ0) is 17.6. The lowest BCUT2D eigenvalue weighted by Crippen LogP contribution is -2.01. The van der Waals surface area contributed by atoms with E-state index in [0.717, 1.165) is 61.0 Å². The van der Waals surface area contributed by atoms with Gasteiger partial charge in [-0.25, -0.2) is 0 Å². The molecule has 25 heavy (non-hydrogen) atoms. The van der Waals surface area contributed by atoms with E-state index in [2.05, 4.69) is 11.9 Å². The molecule has 0 bridgehead atoms. The molecule has 2 aromatic rings. The van der Waals surface area contributed by atoms with Gasteiger partial charge in [0.15, 0.2) is 6.29 Å². The molecule has 3 rings (SSSR count). The maximum Gasteiger partial charge on any atom is 0.152 e. The molecule has 130 valence electrons. The first-order valence-corrected chi connectivity index (χ1v) is 9.17. The van der Waals surface area contributed by atoms with Crippen molar-refractivity contribution in [1.82, 2.24) is 4.98 Å². The fourth-order valence-electron chi connectivity index (χ4n) is 3.26. The lowest BCUT2D eigenvalue weighted by molar-refractivity contribution is 0.112. The second kappa shape index (κ2) is 8.30. The van der Waals surface area contributed by atoms with Gasteiger partial charge in [0.05, 0.1) is 12.3 Å². The number of ether oxygens (including phenoxy) is 1. The highest BCUT2D eigenvalue weighted by Gasteiger charge is 2.23. The smallest absolute Gasteiger partial charge is 0.152 e. The number of benzene rings is 1. The van der Waals surface area contributed by atoms with Crippen molar-refractivity contribution in [3.63, 3.8) is 0 Å². The quantitative estimate of drug-likeness (QED) is 0.464. The van der Waals surface area contributed by atoms with E-state index in [-0.39, 0.29) is 0 Å². The third-order valence-corrected chi connectivity index (χ3v) is 4.73. The summed E-state index contributed by atoms with van der Waals surface area (Å²) in [6.45, 7) is 2.84. The van der Waals surface area contributed by atoms with Crippen LogP contribution >= 0.6 is 11.6 Å². The maximum atomic E-state index is 11.4. The third kappa shape index (κ3) is 3.93. The first-order chi connectivity index (χ1) is 12.2. The molecule has 3 nitrogen and oxygen atoms in total. The van der Waals surface area contributed by atoms with Crippen LogP contribution in [0.1, 0.15) is 60.6 Å². The number of pyridine rings is 1. The molecule has 1 aliphatic rings. The van der Waals surface area contributed by atoms with Crippen molar-refractivity contribution in [3.05, 3.63) is 58.4 Å². The molecule has 0 atom stereocenters. The molecule has 0 fully saturated rings.